The van der Waals surface area contributed by atoms with E-state index in [1.807, 2.05) is 13.0 Å². The van der Waals surface area contributed by atoms with Crippen molar-refractivity contribution < 1.29 is 9.47 Å². The van der Waals surface area contributed by atoms with Crippen molar-refractivity contribution in [3.8, 4) is 11.9 Å². The largest absolute Gasteiger partial charge is 0.477 e. The molecule has 0 aliphatic carbocycles. The molecule has 0 aromatic carbocycles. The molecular formula is C11H16N4O2. The first-order valence-corrected chi connectivity index (χ1v) is 5.29. The molecule has 0 atom stereocenters. The van der Waals surface area contributed by atoms with Gasteiger partial charge >= 0.3 is 0 Å². The third-order valence-electron chi connectivity index (χ3n) is 2.02. The van der Waals surface area contributed by atoms with Crippen LogP contribution in [0, 0.1) is 11.3 Å². The molecule has 1 aromatic rings. The molecule has 0 spiro atoms. The summed E-state index contributed by atoms with van der Waals surface area (Å²) in [4.78, 5) is 4.17. The van der Waals surface area contributed by atoms with Crippen LogP contribution in [0.2, 0.25) is 0 Å². The standard InChI is InChI=1S/C11H16N4O2/c1-3-17-11-8(7-12)9(13)6-10(15-11)14-4-5-16-2/h6H,3-5H2,1-2H3,(H3,13,14,15). The zero-order valence-corrected chi connectivity index (χ0v) is 9.99. The number of pyridine rings is 1. The van der Waals surface area contributed by atoms with Crippen LogP contribution in [0.25, 0.3) is 0 Å². The maximum atomic E-state index is 8.94. The van der Waals surface area contributed by atoms with Gasteiger partial charge in [-0.25, -0.2) is 0 Å². The van der Waals surface area contributed by atoms with Crippen LogP contribution in [-0.2, 0) is 4.74 Å². The number of nitriles is 1. The fourth-order valence-corrected chi connectivity index (χ4v) is 1.27. The summed E-state index contributed by atoms with van der Waals surface area (Å²) in [5.74, 6) is 0.830. The average Bonchev–Trinajstić information content (AvgIpc) is 2.30. The van der Waals surface area contributed by atoms with Gasteiger partial charge in [-0.15, -0.1) is 0 Å². The molecule has 92 valence electrons. The number of nitrogens with zero attached hydrogens (tertiary/aromatic N) is 2. The highest BCUT2D eigenvalue weighted by Gasteiger charge is 2.11. The van der Waals surface area contributed by atoms with Crippen LogP contribution in [-0.4, -0.2) is 31.9 Å². The molecule has 0 aliphatic heterocycles. The molecular weight excluding hydrogens is 220 g/mol. The van der Waals surface area contributed by atoms with Crippen molar-refractivity contribution in [1.82, 2.24) is 4.98 Å². The molecule has 1 heterocycles. The van der Waals surface area contributed by atoms with E-state index in [-0.39, 0.29) is 11.4 Å². The van der Waals surface area contributed by atoms with E-state index < -0.39 is 0 Å². The summed E-state index contributed by atoms with van der Waals surface area (Å²) in [6.45, 7) is 3.43. The predicted octanol–water partition coefficient (Wildman–Crippen LogP) is 0.992. The average molecular weight is 236 g/mol. The summed E-state index contributed by atoms with van der Waals surface area (Å²) in [5, 5.41) is 12.0. The SMILES string of the molecule is CCOc1nc(NCCOC)cc(N)c1C#N. The van der Waals surface area contributed by atoms with Gasteiger partial charge in [0.2, 0.25) is 5.88 Å². The van der Waals surface area contributed by atoms with Crippen LogP contribution >= 0.6 is 0 Å². The lowest BCUT2D eigenvalue weighted by Gasteiger charge is -2.10. The molecule has 3 N–H and O–H groups in total. The number of nitrogens with two attached hydrogens (primary N) is 1. The first-order valence-electron chi connectivity index (χ1n) is 5.29. The molecule has 17 heavy (non-hydrogen) atoms. The molecule has 0 fully saturated rings. The van der Waals surface area contributed by atoms with Gasteiger partial charge in [0.05, 0.1) is 18.9 Å². The number of ether oxygens (including phenoxy) is 2. The quantitative estimate of drug-likeness (QED) is 0.715. The van der Waals surface area contributed by atoms with Gasteiger partial charge in [0, 0.05) is 19.7 Å². The van der Waals surface area contributed by atoms with E-state index in [2.05, 4.69) is 10.3 Å². The Kier molecular flexibility index (Phi) is 5.04. The van der Waals surface area contributed by atoms with E-state index >= 15 is 0 Å². The third-order valence-corrected chi connectivity index (χ3v) is 2.02. The van der Waals surface area contributed by atoms with Gasteiger partial charge in [-0.3, -0.25) is 0 Å². The number of hydrogen-bond acceptors (Lipinski definition) is 6. The van der Waals surface area contributed by atoms with Gasteiger partial charge in [0.25, 0.3) is 0 Å². The number of rotatable bonds is 6. The van der Waals surface area contributed by atoms with Gasteiger partial charge in [0.15, 0.2) is 0 Å². The van der Waals surface area contributed by atoms with Crippen molar-refractivity contribution in [2.75, 3.05) is 37.9 Å². The van der Waals surface area contributed by atoms with Gasteiger partial charge in [-0.2, -0.15) is 10.2 Å². The summed E-state index contributed by atoms with van der Waals surface area (Å²) in [7, 11) is 1.62. The van der Waals surface area contributed by atoms with Crippen LogP contribution in [0.1, 0.15) is 12.5 Å². The van der Waals surface area contributed by atoms with Crippen molar-refractivity contribution >= 4 is 11.5 Å². The van der Waals surface area contributed by atoms with Crippen LogP contribution in [0.4, 0.5) is 11.5 Å². The number of nitrogens with one attached hydrogen (secondary N) is 1. The summed E-state index contributed by atoms with van der Waals surface area (Å²) < 4.78 is 10.2. The first kappa shape index (κ1) is 13.1. The van der Waals surface area contributed by atoms with Gasteiger partial charge in [0.1, 0.15) is 17.5 Å². The highest BCUT2D eigenvalue weighted by Crippen LogP contribution is 2.24. The summed E-state index contributed by atoms with van der Waals surface area (Å²) >= 11 is 0. The van der Waals surface area contributed by atoms with Crippen molar-refractivity contribution in [2.45, 2.75) is 6.92 Å². The Hall–Kier alpha value is -2.00. The summed E-state index contributed by atoms with van der Waals surface area (Å²) in [6, 6.07) is 3.59. The lowest BCUT2D eigenvalue weighted by Crippen LogP contribution is -2.10. The Labute approximate surface area is 100 Å². The van der Waals surface area contributed by atoms with E-state index in [1.165, 1.54) is 0 Å². The molecule has 0 amide bonds. The predicted molar refractivity (Wildman–Crippen MR) is 64.9 cm³/mol. The minimum Gasteiger partial charge on any atom is -0.477 e. The van der Waals surface area contributed by atoms with E-state index in [1.54, 1.807) is 13.2 Å². The van der Waals surface area contributed by atoms with Gasteiger partial charge in [-0.1, -0.05) is 0 Å². The van der Waals surface area contributed by atoms with E-state index in [4.69, 9.17) is 20.5 Å². The van der Waals surface area contributed by atoms with Crippen molar-refractivity contribution in [1.29, 1.82) is 5.26 Å². The smallest absolute Gasteiger partial charge is 0.235 e. The van der Waals surface area contributed by atoms with Crippen LogP contribution in [0.5, 0.6) is 5.88 Å². The second-order valence-electron chi connectivity index (χ2n) is 3.24. The second kappa shape index (κ2) is 6.55. The lowest BCUT2D eigenvalue weighted by atomic mass is 10.2. The monoisotopic (exact) mass is 236 g/mol. The van der Waals surface area contributed by atoms with Crippen LogP contribution < -0.4 is 15.8 Å². The molecule has 1 aromatic heterocycles. The molecule has 6 nitrogen and oxygen atoms in total. The molecule has 0 saturated heterocycles. The third kappa shape index (κ3) is 3.50. The first-order chi connectivity index (χ1) is 8.22. The van der Waals surface area contributed by atoms with Crippen molar-refractivity contribution in [3.05, 3.63) is 11.6 Å². The maximum absolute atomic E-state index is 8.94. The summed E-state index contributed by atoms with van der Waals surface area (Å²) in [5.41, 5.74) is 6.37. The van der Waals surface area contributed by atoms with E-state index in [0.717, 1.165) is 0 Å². The lowest BCUT2D eigenvalue weighted by molar-refractivity contribution is 0.210. The van der Waals surface area contributed by atoms with Crippen molar-refractivity contribution in [3.63, 3.8) is 0 Å². The Morgan fingerprint density at radius 3 is 2.94 bits per heavy atom. The second-order valence-corrected chi connectivity index (χ2v) is 3.24. The summed E-state index contributed by atoms with van der Waals surface area (Å²) in [6.07, 6.45) is 0. The van der Waals surface area contributed by atoms with Gasteiger partial charge in [-0.05, 0) is 6.92 Å². The van der Waals surface area contributed by atoms with Crippen molar-refractivity contribution in [2.24, 2.45) is 0 Å². The molecule has 6 heteroatoms. The Morgan fingerprint density at radius 1 is 1.59 bits per heavy atom. The fraction of sp³-hybridized carbons (Fsp3) is 0.455. The number of aromatic nitrogens is 1. The number of methoxy groups -OCH3 is 1. The van der Waals surface area contributed by atoms with E-state index in [9.17, 15) is 0 Å². The maximum Gasteiger partial charge on any atom is 0.235 e. The van der Waals surface area contributed by atoms with Gasteiger partial charge < -0.3 is 20.5 Å². The molecule has 0 radical (unpaired) electrons. The molecule has 0 bridgehead atoms. The zero-order chi connectivity index (χ0) is 12.7. The Bertz CT molecular complexity index is 415. The Morgan fingerprint density at radius 2 is 2.35 bits per heavy atom. The topological polar surface area (TPSA) is 93.2 Å². The molecule has 0 aliphatic rings. The zero-order valence-electron chi connectivity index (χ0n) is 9.99. The minimum atomic E-state index is 0.259. The van der Waals surface area contributed by atoms with Crippen LogP contribution in [0.3, 0.4) is 0 Å². The fourth-order valence-electron chi connectivity index (χ4n) is 1.27. The minimum absolute atomic E-state index is 0.259. The molecule has 0 unspecified atom stereocenters. The number of nitrogen functional groups attached to an aromatic ring is 1. The highest BCUT2D eigenvalue weighted by molar-refractivity contribution is 5.64. The number of hydrogen-bond donors (Lipinski definition) is 2. The molecule has 0 saturated carbocycles. The normalized spacial score (nSPS) is 9.71. The highest BCUT2D eigenvalue weighted by atomic mass is 16.5. The van der Waals surface area contributed by atoms with Crippen LogP contribution in [0.15, 0.2) is 6.07 Å². The number of anilines is 2. The van der Waals surface area contributed by atoms with E-state index in [0.29, 0.717) is 31.3 Å². The molecule has 1 rings (SSSR count). The Balaban J connectivity index is 2.90.